The summed E-state index contributed by atoms with van der Waals surface area (Å²) in [5.74, 6) is 2.81. The number of methoxy groups -OCH3 is 2. The summed E-state index contributed by atoms with van der Waals surface area (Å²) >= 11 is 0. The fraction of sp³-hybridized carbons (Fsp3) is 0.423. The van der Waals surface area contributed by atoms with Gasteiger partial charge in [-0.1, -0.05) is 17.7 Å². The molecule has 7 nitrogen and oxygen atoms in total. The topological polar surface area (TPSA) is 59.1 Å². The van der Waals surface area contributed by atoms with Gasteiger partial charge in [0.05, 0.1) is 32.0 Å². The minimum absolute atomic E-state index is 0.365. The molecule has 1 N–H and O–H groups in total. The lowest BCUT2D eigenvalue weighted by molar-refractivity contribution is -0.201. The van der Waals surface area contributed by atoms with Crippen LogP contribution in [0.15, 0.2) is 54.7 Å². The minimum atomic E-state index is -0.365. The summed E-state index contributed by atoms with van der Waals surface area (Å²) in [6.07, 6.45) is 7.88. The van der Waals surface area contributed by atoms with Crippen molar-refractivity contribution in [3.63, 3.8) is 0 Å². The molecule has 0 amide bonds. The number of hydrogen-bond acceptors (Lipinski definition) is 7. The molecule has 4 fully saturated rings. The van der Waals surface area contributed by atoms with Crippen molar-refractivity contribution in [2.24, 2.45) is 11.8 Å². The summed E-state index contributed by atoms with van der Waals surface area (Å²) in [7, 11) is 3.39. The van der Waals surface area contributed by atoms with Gasteiger partial charge in [-0.3, -0.25) is 9.82 Å². The molecule has 1 unspecified atom stereocenters. The minimum Gasteiger partial charge on any atom is -0.497 e. The molecule has 1 spiro atoms. The van der Waals surface area contributed by atoms with E-state index in [0.717, 1.165) is 40.1 Å². The Balaban J connectivity index is 1.41. The number of pyridine rings is 1. The number of ether oxygens (including phenoxy) is 2. The maximum Gasteiger partial charge on any atom is 0.166 e. The van der Waals surface area contributed by atoms with Crippen molar-refractivity contribution in [1.29, 1.82) is 0 Å². The van der Waals surface area contributed by atoms with Crippen molar-refractivity contribution in [3.8, 4) is 11.5 Å². The fourth-order valence-corrected chi connectivity index (χ4v) is 5.97. The number of benzene rings is 2. The van der Waals surface area contributed by atoms with Crippen LogP contribution >= 0.6 is 0 Å². The van der Waals surface area contributed by atoms with Gasteiger partial charge in [0, 0.05) is 29.1 Å². The van der Waals surface area contributed by atoms with Crippen LogP contribution in [0.2, 0.25) is 0 Å². The van der Waals surface area contributed by atoms with Gasteiger partial charge in [0.15, 0.2) is 5.72 Å². The molecule has 3 aromatic rings. The van der Waals surface area contributed by atoms with Gasteiger partial charge in [-0.05, 0) is 68.4 Å². The molecular formula is C26H30N4O3. The molecule has 7 heteroatoms. The van der Waals surface area contributed by atoms with Crippen LogP contribution in [-0.4, -0.2) is 29.9 Å². The highest BCUT2D eigenvalue weighted by molar-refractivity contribution is 5.82. The van der Waals surface area contributed by atoms with E-state index in [1.54, 1.807) is 14.2 Å². The second-order valence-corrected chi connectivity index (χ2v) is 9.39. The highest BCUT2D eigenvalue weighted by atomic mass is 16.8. The van der Waals surface area contributed by atoms with Crippen LogP contribution in [0.3, 0.4) is 0 Å². The first-order valence-corrected chi connectivity index (χ1v) is 11.8. The molecule has 1 saturated heterocycles. The first-order chi connectivity index (χ1) is 16.2. The SMILES string of the molecule is COc1ccc(CN2N(c3ccc4ncccc4c3)NOC23CC2CCC3CC2)c(OC)c1. The molecule has 2 bridgehead atoms. The van der Waals surface area contributed by atoms with Gasteiger partial charge < -0.3 is 9.47 Å². The summed E-state index contributed by atoms with van der Waals surface area (Å²) < 4.78 is 11.2. The number of nitrogens with zero attached hydrogens (tertiary/aromatic N) is 3. The third kappa shape index (κ3) is 3.42. The van der Waals surface area contributed by atoms with Crippen molar-refractivity contribution in [2.75, 3.05) is 19.3 Å². The Morgan fingerprint density at radius 3 is 2.70 bits per heavy atom. The highest BCUT2D eigenvalue weighted by Crippen LogP contribution is 2.53. The van der Waals surface area contributed by atoms with E-state index in [1.807, 2.05) is 24.4 Å². The standard InChI is InChI=1S/C26H30N4O3/c1-31-23-11-7-20(25(15-23)32-2)17-29-26(16-18-5-8-21(26)9-6-18)33-28-30(29)22-10-12-24-19(14-22)4-3-13-27-24/h3-4,7,10-15,18,21,28H,5-6,8-9,16-17H2,1-2H3. The highest BCUT2D eigenvalue weighted by Gasteiger charge is 2.58. The summed E-state index contributed by atoms with van der Waals surface area (Å²) in [4.78, 5) is 11.0. The first kappa shape index (κ1) is 20.7. The van der Waals surface area contributed by atoms with E-state index >= 15 is 0 Å². The second-order valence-electron chi connectivity index (χ2n) is 9.39. The van der Waals surface area contributed by atoms with Crippen LogP contribution in [0.4, 0.5) is 5.69 Å². The Hall–Kier alpha value is -2.87. The summed E-state index contributed by atoms with van der Waals surface area (Å²) in [5, 5.41) is 5.56. The van der Waals surface area contributed by atoms with Gasteiger partial charge in [-0.25, -0.2) is 5.12 Å². The first-order valence-electron chi connectivity index (χ1n) is 11.8. The van der Waals surface area contributed by atoms with Crippen LogP contribution in [-0.2, 0) is 11.4 Å². The summed E-state index contributed by atoms with van der Waals surface area (Å²) in [5.41, 5.74) is 6.03. The van der Waals surface area contributed by atoms with Gasteiger partial charge >= 0.3 is 0 Å². The van der Waals surface area contributed by atoms with Crippen LogP contribution in [0.25, 0.3) is 10.9 Å². The predicted molar refractivity (Wildman–Crippen MR) is 126 cm³/mol. The molecule has 1 atom stereocenters. The fourth-order valence-electron chi connectivity index (χ4n) is 5.97. The zero-order valence-corrected chi connectivity index (χ0v) is 19.2. The number of anilines is 1. The average Bonchev–Trinajstić information content (AvgIpc) is 3.21. The Morgan fingerprint density at radius 1 is 1.06 bits per heavy atom. The van der Waals surface area contributed by atoms with Gasteiger partial charge in [0.1, 0.15) is 11.5 Å². The quantitative estimate of drug-likeness (QED) is 0.602. The number of hydrogen-bond donors (Lipinski definition) is 1. The zero-order valence-electron chi connectivity index (χ0n) is 19.2. The van der Waals surface area contributed by atoms with E-state index in [4.69, 9.17) is 14.3 Å². The third-order valence-corrected chi connectivity index (χ3v) is 7.70. The normalized spacial score (nSPS) is 26.9. The van der Waals surface area contributed by atoms with Crippen LogP contribution in [0.5, 0.6) is 11.5 Å². The molecule has 2 heterocycles. The van der Waals surface area contributed by atoms with Crippen molar-refractivity contribution in [3.05, 3.63) is 60.3 Å². The van der Waals surface area contributed by atoms with Gasteiger partial charge in [0.2, 0.25) is 0 Å². The smallest absolute Gasteiger partial charge is 0.166 e. The van der Waals surface area contributed by atoms with Gasteiger partial charge in [-0.2, -0.15) is 5.01 Å². The van der Waals surface area contributed by atoms with Crippen molar-refractivity contribution < 1.29 is 14.3 Å². The van der Waals surface area contributed by atoms with Crippen LogP contribution < -0.4 is 20.2 Å². The summed E-state index contributed by atoms with van der Waals surface area (Å²) in [6, 6.07) is 16.4. The molecule has 2 aromatic carbocycles. The van der Waals surface area contributed by atoms with Gasteiger partial charge in [0.25, 0.3) is 0 Å². The molecule has 3 aliphatic carbocycles. The van der Waals surface area contributed by atoms with Crippen LogP contribution in [0.1, 0.15) is 37.7 Å². The Kier molecular flexibility index (Phi) is 5.13. The lowest BCUT2D eigenvalue weighted by atomic mass is 9.65. The van der Waals surface area contributed by atoms with Crippen molar-refractivity contribution in [1.82, 2.24) is 15.6 Å². The van der Waals surface area contributed by atoms with Crippen LogP contribution in [0, 0.1) is 11.8 Å². The zero-order chi connectivity index (χ0) is 22.4. The number of rotatable bonds is 5. The van der Waals surface area contributed by atoms with E-state index in [1.165, 1.54) is 25.7 Å². The van der Waals surface area contributed by atoms with E-state index in [9.17, 15) is 0 Å². The van der Waals surface area contributed by atoms with E-state index in [-0.39, 0.29) is 5.72 Å². The monoisotopic (exact) mass is 446 g/mol. The Morgan fingerprint density at radius 2 is 1.94 bits per heavy atom. The largest absolute Gasteiger partial charge is 0.497 e. The molecule has 3 saturated carbocycles. The van der Waals surface area contributed by atoms with E-state index in [0.29, 0.717) is 18.4 Å². The molecule has 7 rings (SSSR count). The maximum atomic E-state index is 6.52. The lowest BCUT2D eigenvalue weighted by Crippen LogP contribution is -2.59. The average molecular weight is 447 g/mol. The molecule has 1 aliphatic heterocycles. The van der Waals surface area contributed by atoms with Crippen molar-refractivity contribution >= 4 is 16.6 Å². The molecule has 172 valence electrons. The second kappa shape index (κ2) is 8.17. The number of nitrogens with one attached hydrogen (secondary N) is 1. The Labute approximate surface area is 194 Å². The van der Waals surface area contributed by atoms with E-state index in [2.05, 4.69) is 51.0 Å². The number of hydrazine groups is 2. The van der Waals surface area contributed by atoms with Gasteiger partial charge in [-0.15, -0.1) is 0 Å². The Bertz CT molecular complexity index is 1160. The third-order valence-electron chi connectivity index (χ3n) is 7.70. The summed E-state index contributed by atoms with van der Waals surface area (Å²) in [6.45, 7) is 0.661. The molecular weight excluding hydrogens is 416 g/mol. The predicted octanol–water partition coefficient (Wildman–Crippen LogP) is 4.83. The molecule has 4 aliphatic rings. The molecule has 33 heavy (non-hydrogen) atoms. The lowest BCUT2D eigenvalue weighted by Gasteiger charge is -2.51. The maximum absolute atomic E-state index is 6.52. The molecule has 0 radical (unpaired) electrons. The number of aromatic nitrogens is 1. The van der Waals surface area contributed by atoms with E-state index < -0.39 is 0 Å². The number of fused-ring (bicyclic) bond motifs is 3. The molecule has 1 aromatic heterocycles. The van der Waals surface area contributed by atoms with Crippen molar-refractivity contribution in [2.45, 2.75) is 44.4 Å².